The lowest BCUT2D eigenvalue weighted by Crippen LogP contribution is -2.39. The summed E-state index contributed by atoms with van der Waals surface area (Å²) in [6, 6.07) is 7.68. The first-order valence-corrected chi connectivity index (χ1v) is 6.20. The van der Waals surface area contributed by atoms with Crippen molar-refractivity contribution in [3.05, 3.63) is 24.3 Å². The lowest BCUT2D eigenvalue weighted by molar-refractivity contribution is -0.120. The highest BCUT2D eigenvalue weighted by Gasteiger charge is 2.10. The first kappa shape index (κ1) is 14.4. The average Bonchev–Trinajstić information content (AvgIpc) is 2.36. The van der Waals surface area contributed by atoms with Gasteiger partial charge in [0.1, 0.15) is 5.75 Å². The van der Waals surface area contributed by atoms with Crippen LogP contribution in [-0.4, -0.2) is 25.6 Å². The average molecular weight is 250 g/mol. The number of anilines is 1. The Bertz CT molecular complexity index is 374. The summed E-state index contributed by atoms with van der Waals surface area (Å²) in [5.41, 5.74) is 0.906. The van der Waals surface area contributed by atoms with Crippen LogP contribution in [0.1, 0.15) is 20.8 Å². The minimum absolute atomic E-state index is 0.00650. The van der Waals surface area contributed by atoms with Crippen LogP contribution in [0.5, 0.6) is 5.75 Å². The Morgan fingerprint density at radius 3 is 2.33 bits per heavy atom. The molecule has 1 rings (SSSR count). The number of ether oxygens (including phenoxy) is 1. The van der Waals surface area contributed by atoms with Crippen LogP contribution in [0.3, 0.4) is 0 Å². The van der Waals surface area contributed by atoms with Crippen LogP contribution >= 0.6 is 0 Å². The molecule has 18 heavy (non-hydrogen) atoms. The summed E-state index contributed by atoms with van der Waals surface area (Å²) in [6.45, 7) is 6.46. The highest BCUT2D eigenvalue weighted by Crippen LogP contribution is 2.14. The summed E-state index contributed by atoms with van der Waals surface area (Å²) in [5.74, 6) is 1.25. The molecule has 0 aliphatic carbocycles. The topological polar surface area (TPSA) is 50.4 Å². The maximum absolute atomic E-state index is 11.7. The highest BCUT2D eigenvalue weighted by atomic mass is 16.5. The van der Waals surface area contributed by atoms with Gasteiger partial charge in [-0.3, -0.25) is 4.79 Å². The van der Waals surface area contributed by atoms with Crippen LogP contribution in [0.2, 0.25) is 0 Å². The van der Waals surface area contributed by atoms with Crippen molar-refractivity contribution in [3.63, 3.8) is 0 Å². The predicted octanol–water partition coefficient (Wildman–Crippen LogP) is 2.27. The van der Waals surface area contributed by atoms with Crippen molar-refractivity contribution in [2.75, 3.05) is 19.0 Å². The molecule has 0 saturated carbocycles. The lowest BCUT2D eigenvalue weighted by Gasteiger charge is -2.17. The van der Waals surface area contributed by atoms with E-state index in [1.165, 1.54) is 0 Å². The lowest BCUT2D eigenvalue weighted by atomic mass is 10.1. The van der Waals surface area contributed by atoms with Gasteiger partial charge >= 0.3 is 0 Å². The number of methoxy groups -OCH3 is 1. The first-order valence-electron chi connectivity index (χ1n) is 6.20. The summed E-state index contributed by atoms with van der Waals surface area (Å²) in [6.07, 6.45) is 0. The van der Waals surface area contributed by atoms with E-state index >= 15 is 0 Å². The Labute approximate surface area is 109 Å². The number of benzene rings is 1. The van der Waals surface area contributed by atoms with Crippen molar-refractivity contribution >= 4 is 11.6 Å². The van der Waals surface area contributed by atoms with Gasteiger partial charge in [0.25, 0.3) is 0 Å². The second-order valence-corrected chi connectivity index (χ2v) is 4.68. The SMILES string of the molecule is COc1ccc(NCC(=O)NC(C)C(C)C)cc1. The van der Waals surface area contributed by atoms with Gasteiger partial charge in [-0.1, -0.05) is 13.8 Å². The second kappa shape index (κ2) is 6.89. The predicted molar refractivity (Wildman–Crippen MR) is 73.9 cm³/mol. The molecule has 1 aromatic carbocycles. The summed E-state index contributed by atoms with van der Waals surface area (Å²) in [5, 5.41) is 6.02. The smallest absolute Gasteiger partial charge is 0.239 e. The molecule has 1 atom stereocenters. The molecule has 0 spiro atoms. The number of nitrogens with one attached hydrogen (secondary N) is 2. The minimum atomic E-state index is 0.00650. The molecule has 0 heterocycles. The third-order valence-electron chi connectivity index (χ3n) is 2.93. The van der Waals surface area contributed by atoms with Gasteiger partial charge in [-0.05, 0) is 37.1 Å². The Morgan fingerprint density at radius 1 is 1.22 bits per heavy atom. The Kier molecular flexibility index (Phi) is 5.49. The molecule has 0 aliphatic heterocycles. The molecule has 0 aliphatic rings. The molecule has 1 aromatic rings. The highest BCUT2D eigenvalue weighted by molar-refractivity contribution is 5.80. The largest absolute Gasteiger partial charge is 0.497 e. The number of amides is 1. The molecule has 4 nitrogen and oxygen atoms in total. The summed E-state index contributed by atoms with van der Waals surface area (Å²) >= 11 is 0. The zero-order valence-electron chi connectivity index (χ0n) is 11.5. The number of hydrogen-bond donors (Lipinski definition) is 2. The molecule has 0 saturated heterocycles. The van der Waals surface area contributed by atoms with Crippen molar-refractivity contribution < 1.29 is 9.53 Å². The van der Waals surface area contributed by atoms with E-state index in [1.807, 2.05) is 31.2 Å². The first-order chi connectivity index (χ1) is 8.52. The zero-order chi connectivity index (χ0) is 13.5. The molecule has 100 valence electrons. The van der Waals surface area contributed by atoms with E-state index in [0.29, 0.717) is 5.92 Å². The maximum atomic E-state index is 11.7. The van der Waals surface area contributed by atoms with Crippen molar-refractivity contribution in [1.82, 2.24) is 5.32 Å². The van der Waals surface area contributed by atoms with E-state index in [4.69, 9.17) is 4.74 Å². The zero-order valence-corrected chi connectivity index (χ0v) is 11.5. The minimum Gasteiger partial charge on any atom is -0.497 e. The molecular weight excluding hydrogens is 228 g/mol. The van der Waals surface area contributed by atoms with Gasteiger partial charge in [0.15, 0.2) is 0 Å². The van der Waals surface area contributed by atoms with Crippen LogP contribution < -0.4 is 15.4 Å². The molecule has 1 unspecified atom stereocenters. The van der Waals surface area contributed by atoms with Crippen LogP contribution in [0.4, 0.5) is 5.69 Å². The van der Waals surface area contributed by atoms with E-state index in [-0.39, 0.29) is 18.5 Å². The Balaban J connectivity index is 2.37. The fourth-order valence-electron chi connectivity index (χ4n) is 1.36. The van der Waals surface area contributed by atoms with Crippen LogP contribution in [0, 0.1) is 5.92 Å². The van der Waals surface area contributed by atoms with Crippen molar-refractivity contribution in [1.29, 1.82) is 0 Å². The third-order valence-corrected chi connectivity index (χ3v) is 2.93. The van der Waals surface area contributed by atoms with E-state index < -0.39 is 0 Å². The van der Waals surface area contributed by atoms with Gasteiger partial charge in [0.2, 0.25) is 5.91 Å². The third kappa shape index (κ3) is 4.65. The number of carbonyl (C=O) groups excluding carboxylic acids is 1. The monoisotopic (exact) mass is 250 g/mol. The fourth-order valence-corrected chi connectivity index (χ4v) is 1.36. The molecule has 4 heteroatoms. The number of hydrogen-bond acceptors (Lipinski definition) is 3. The number of carbonyl (C=O) groups is 1. The van der Waals surface area contributed by atoms with E-state index in [2.05, 4.69) is 24.5 Å². The van der Waals surface area contributed by atoms with Gasteiger partial charge in [0, 0.05) is 11.7 Å². The molecule has 1 amide bonds. The van der Waals surface area contributed by atoms with Gasteiger partial charge in [-0.2, -0.15) is 0 Å². The normalized spacial score (nSPS) is 12.1. The quantitative estimate of drug-likeness (QED) is 0.814. The van der Waals surface area contributed by atoms with E-state index in [0.717, 1.165) is 11.4 Å². The van der Waals surface area contributed by atoms with Crippen molar-refractivity contribution in [3.8, 4) is 5.75 Å². The van der Waals surface area contributed by atoms with Crippen LogP contribution in [-0.2, 0) is 4.79 Å². The summed E-state index contributed by atoms with van der Waals surface area (Å²) in [4.78, 5) is 11.7. The van der Waals surface area contributed by atoms with E-state index in [1.54, 1.807) is 7.11 Å². The van der Waals surface area contributed by atoms with Crippen LogP contribution in [0.25, 0.3) is 0 Å². The Morgan fingerprint density at radius 2 is 1.83 bits per heavy atom. The molecule has 0 fully saturated rings. The summed E-state index contributed by atoms with van der Waals surface area (Å²) < 4.78 is 5.07. The molecule has 0 bridgehead atoms. The van der Waals surface area contributed by atoms with Crippen LogP contribution in [0.15, 0.2) is 24.3 Å². The molecule has 2 N–H and O–H groups in total. The van der Waals surface area contributed by atoms with Gasteiger partial charge < -0.3 is 15.4 Å². The summed E-state index contributed by atoms with van der Waals surface area (Å²) in [7, 11) is 1.63. The van der Waals surface area contributed by atoms with Crippen molar-refractivity contribution in [2.24, 2.45) is 5.92 Å². The van der Waals surface area contributed by atoms with Gasteiger partial charge in [-0.15, -0.1) is 0 Å². The standard InChI is InChI=1S/C14H22N2O2/c1-10(2)11(3)16-14(17)9-15-12-5-7-13(18-4)8-6-12/h5-8,10-11,15H,9H2,1-4H3,(H,16,17). The Hall–Kier alpha value is -1.71. The van der Waals surface area contributed by atoms with E-state index in [9.17, 15) is 4.79 Å². The van der Waals surface area contributed by atoms with Gasteiger partial charge in [0.05, 0.1) is 13.7 Å². The fraction of sp³-hybridized carbons (Fsp3) is 0.500. The molecule has 0 aromatic heterocycles. The second-order valence-electron chi connectivity index (χ2n) is 4.68. The molecule has 0 radical (unpaired) electrons. The maximum Gasteiger partial charge on any atom is 0.239 e. The number of rotatable bonds is 6. The van der Waals surface area contributed by atoms with Crippen molar-refractivity contribution in [2.45, 2.75) is 26.8 Å². The molecular formula is C14H22N2O2. The van der Waals surface area contributed by atoms with Gasteiger partial charge in [-0.25, -0.2) is 0 Å².